The van der Waals surface area contributed by atoms with Crippen molar-refractivity contribution in [3.63, 3.8) is 0 Å². The lowest BCUT2D eigenvalue weighted by atomic mass is 10.0. The molecule has 0 amide bonds. The van der Waals surface area contributed by atoms with E-state index in [2.05, 4.69) is 16.8 Å². The molecule has 0 saturated carbocycles. The lowest BCUT2D eigenvalue weighted by molar-refractivity contribution is -0.384. The van der Waals surface area contributed by atoms with Crippen molar-refractivity contribution in [1.29, 1.82) is 0 Å². The fourth-order valence-electron chi connectivity index (χ4n) is 3.58. The summed E-state index contributed by atoms with van der Waals surface area (Å²) in [4.78, 5) is 22.6. The highest BCUT2D eigenvalue weighted by molar-refractivity contribution is 5.91. The Labute approximate surface area is 151 Å². The number of anilines is 1. The van der Waals surface area contributed by atoms with Gasteiger partial charge in [0.25, 0.3) is 5.69 Å². The van der Waals surface area contributed by atoms with Crippen LogP contribution in [-0.2, 0) is 0 Å². The summed E-state index contributed by atoms with van der Waals surface area (Å²) in [5, 5.41) is 12.1. The first-order chi connectivity index (χ1) is 12.6. The zero-order chi connectivity index (χ0) is 18.1. The lowest BCUT2D eigenvalue weighted by Crippen LogP contribution is -2.38. The summed E-state index contributed by atoms with van der Waals surface area (Å²) in [5.41, 5.74) is 1.57. The molecule has 6 nitrogen and oxygen atoms in total. The number of nitrogens with zero attached hydrogens (tertiary/aromatic N) is 4. The molecule has 1 fully saturated rings. The summed E-state index contributed by atoms with van der Waals surface area (Å²) in [6.45, 7) is 3.19. The number of hydrogen-bond donors (Lipinski definition) is 0. The van der Waals surface area contributed by atoms with Gasteiger partial charge in [0.1, 0.15) is 5.82 Å². The fraction of sp³-hybridized carbons (Fsp3) is 0.300. The van der Waals surface area contributed by atoms with Crippen LogP contribution in [0.4, 0.5) is 11.5 Å². The molecule has 2 aromatic carbocycles. The number of nitro benzene ring substituents is 1. The van der Waals surface area contributed by atoms with Crippen LogP contribution in [0.5, 0.6) is 0 Å². The van der Waals surface area contributed by atoms with Gasteiger partial charge < -0.3 is 4.90 Å². The van der Waals surface area contributed by atoms with Gasteiger partial charge in [0.05, 0.1) is 10.4 Å². The van der Waals surface area contributed by atoms with E-state index in [9.17, 15) is 10.1 Å². The summed E-state index contributed by atoms with van der Waals surface area (Å²) in [7, 11) is 0. The molecule has 4 rings (SSSR count). The van der Waals surface area contributed by atoms with Crippen LogP contribution in [-0.4, -0.2) is 27.5 Å². The van der Waals surface area contributed by atoms with Crippen molar-refractivity contribution in [2.75, 3.05) is 11.4 Å². The van der Waals surface area contributed by atoms with Crippen molar-refractivity contribution in [1.82, 2.24) is 9.97 Å². The first-order valence-corrected chi connectivity index (χ1v) is 8.92. The second-order valence-corrected chi connectivity index (χ2v) is 6.73. The van der Waals surface area contributed by atoms with Crippen LogP contribution in [0.15, 0.2) is 48.5 Å². The number of aromatic nitrogens is 2. The zero-order valence-electron chi connectivity index (χ0n) is 14.6. The zero-order valence-corrected chi connectivity index (χ0v) is 14.6. The summed E-state index contributed by atoms with van der Waals surface area (Å²) < 4.78 is 0. The highest BCUT2D eigenvalue weighted by atomic mass is 16.6. The SMILES string of the molecule is C[C@@H]1CCCCN1c1nc(-c2cccc([N+](=O)[O-])c2)nc2ccccc12. The first-order valence-electron chi connectivity index (χ1n) is 8.92. The highest BCUT2D eigenvalue weighted by Crippen LogP contribution is 2.32. The summed E-state index contributed by atoms with van der Waals surface area (Å²) >= 11 is 0. The number of fused-ring (bicyclic) bond motifs is 1. The second kappa shape index (κ2) is 6.71. The molecule has 2 heterocycles. The largest absolute Gasteiger partial charge is 0.353 e. The van der Waals surface area contributed by atoms with Gasteiger partial charge in [0, 0.05) is 35.7 Å². The third-order valence-corrected chi connectivity index (χ3v) is 4.97. The Morgan fingerprint density at radius 3 is 2.77 bits per heavy atom. The smallest absolute Gasteiger partial charge is 0.270 e. The Balaban J connectivity index is 1.89. The minimum Gasteiger partial charge on any atom is -0.353 e. The van der Waals surface area contributed by atoms with E-state index in [-0.39, 0.29) is 5.69 Å². The average molecular weight is 348 g/mol. The number of piperidine rings is 1. The number of hydrogen-bond acceptors (Lipinski definition) is 5. The van der Waals surface area contributed by atoms with E-state index in [4.69, 9.17) is 4.98 Å². The molecular formula is C20H20N4O2. The Morgan fingerprint density at radius 1 is 1.12 bits per heavy atom. The van der Waals surface area contributed by atoms with Gasteiger partial charge in [-0.1, -0.05) is 24.3 Å². The Hall–Kier alpha value is -3.02. The van der Waals surface area contributed by atoms with Crippen molar-refractivity contribution in [3.8, 4) is 11.4 Å². The van der Waals surface area contributed by atoms with E-state index in [0.29, 0.717) is 17.4 Å². The van der Waals surface area contributed by atoms with Crippen molar-refractivity contribution < 1.29 is 4.92 Å². The Morgan fingerprint density at radius 2 is 1.96 bits per heavy atom. The van der Waals surface area contributed by atoms with Crippen LogP contribution in [0.1, 0.15) is 26.2 Å². The maximum Gasteiger partial charge on any atom is 0.270 e. The quantitative estimate of drug-likeness (QED) is 0.511. The molecule has 3 aromatic rings. The van der Waals surface area contributed by atoms with E-state index < -0.39 is 4.92 Å². The fourth-order valence-corrected chi connectivity index (χ4v) is 3.58. The molecule has 1 aliphatic rings. The van der Waals surface area contributed by atoms with Crippen molar-refractivity contribution in [2.45, 2.75) is 32.2 Å². The minimum absolute atomic E-state index is 0.0483. The molecule has 6 heteroatoms. The van der Waals surface area contributed by atoms with E-state index in [0.717, 1.165) is 36.1 Å². The number of nitro groups is 1. The van der Waals surface area contributed by atoms with Crippen LogP contribution in [0.25, 0.3) is 22.3 Å². The summed E-state index contributed by atoms with van der Waals surface area (Å²) in [6, 6.07) is 14.9. The molecule has 0 aliphatic carbocycles. The van der Waals surface area contributed by atoms with Gasteiger partial charge >= 0.3 is 0 Å². The predicted octanol–water partition coefficient (Wildman–Crippen LogP) is 4.58. The third-order valence-electron chi connectivity index (χ3n) is 4.97. The van der Waals surface area contributed by atoms with Gasteiger partial charge in [0.2, 0.25) is 0 Å². The Kier molecular flexibility index (Phi) is 4.24. The van der Waals surface area contributed by atoms with Crippen LogP contribution in [0.3, 0.4) is 0 Å². The molecule has 0 bridgehead atoms. The number of rotatable bonds is 3. The van der Waals surface area contributed by atoms with Gasteiger partial charge in [0.15, 0.2) is 5.82 Å². The van der Waals surface area contributed by atoms with E-state index in [1.54, 1.807) is 6.07 Å². The number of non-ortho nitro benzene ring substituents is 1. The minimum atomic E-state index is -0.391. The summed E-state index contributed by atoms with van der Waals surface area (Å²) in [5.74, 6) is 1.45. The van der Waals surface area contributed by atoms with E-state index >= 15 is 0 Å². The molecule has 1 aliphatic heterocycles. The van der Waals surface area contributed by atoms with Gasteiger partial charge in [-0.05, 0) is 38.3 Å². The monoisotopic (exact) mass is 348 g/mol. The first kappa shape index (κ1) is 16.4. The number of para-hydroxylation sites is 1. The second-order valence-electron chi connectivity index (χ2n) is 6.73. The maximum absolute atomic E-state index is 11.1. The van der Waals surface area contributed by atoms with Gasteiger partial charge in [-0.3, -0.25) is 10.1 Å². The van der Waals surface area contributed by atoms with E-state index in [1.165, 1.54) is 18.6 Å². The van der Waals surface area contributed by atoms with Crippen LogP contribution in [0.2, 0.25) is 0 Å². The van der Waals surface area contributed by atoms with Crippen molar-refractivity contribution in [3.05, 3.63) is 58.6 Å². The summed E-state index contributed by atoms with van der Waals surface area (Å²) in [6.07, 6.45) is 3.53. The molecule has 1 atom stereocenters. The molecule has 132 valence electrons. The number of benzene rings is 2. The van der Waals surface area contributed by atoms with Crippen LogP contribution < -0.4 is 4.90 Å². The maximum atomic E-state index is 11.1. The third kappa shape index (κ3) is 2.98. The van der Waals surface area contributed by atoms with Crippen LogP contribution in [0, 0.1) is 10.1 Å². The standard InChI is InChI=1S/C20H20N4O2/c1-14-7-4-5-12-23(14)20-17-10-2-3-11-18(17)21-19(22-20)15-8-6-9-16(13-15)24(25)26/h2-3,6,8-11,13-14H,4-5,7,12H2,1H3/t14-/m1/s1. The van der Waals surface area contributed by atoms with Gasteiger partial charge in [-0.25, -0.2) is 9.97 Å². The van der Waals surface area contributed by atoms with Gasteiger partial charge in [-0.15, -0.1) is 0 Å². The van der Waals surface area contributed by atoms with Crippen molar-refractivity contribution in [2.24, 2.45) is 0 Å². The molecule has 0 spiro atoms. The normalized spacial score (nSPS) is 17.4. The van der Waals surface area contributed by atoms with Gasteiger partial charge in [-0.2, -0.15) is 0 Å². The molecule has 0 unspecified atom stereocenters. The van der Waals surface area contributed by atoms with Crippen molar-refractivity contribution >= 4 is 22.4 Å². The molecular weight excluding hydrogens is 328 g/mol. The molecule has 0 radical (unpaired) electrons. The molecule has 1 saturated heterocycles. The van der Waals surface area contributed by atoms with Crippen LogP contribution >= 0.6 is 0 Å². The highest BCUT2D eigenvalue weighted by Gasteiger charge is 2.23. The topological polar surface area (TPSA) is 72.2 Å². The average Bonchev–Trinajstić information content (AvgIpc) is 2.68. The predicted molar refractivity (Wildman–Crippen MR) is 102 cm³/mol. The van der Waals surface area contributed by atoms with E-state index in [1.807, 2.05) is 30.3 Å². The molecule has 26 heavy (non-hydrogen) atoms. The Bertz CT molecular complexity index is 973. The molecule has 0 N–H and O–H groups in total. The lowest BCUT2D eigenvalue weighted by Gasteiger charge is -2.35. The molecule has 1 aromatic heterocycles.